The Morgan fingerprint density at radius 3 is 2.54 bits per heavy atom. The molecule has 0 bridgehead atoms. The Balaban J connectivity index is 2.14. The molecular formula is C16H12Cl2N2O4. The highest BCUT2D eigenvalue weighted by atomic mass is 35.5. The molecule has 2 aromatic carbocycles. The van der Waals surface area contributed by atoms with Gasteiger partial charge < -0.3 is 5.11 Å². The quantitative estimate of drug-likeness (QED) is 0.615. The van der Waals surface area contributed by atoms with E-state index < -0.39 is 5.91 Å². The Hall–Kier alpha value is -2.09. The number of aliphatic hydroxyl groups is 1. The van der Waals surface area contributed by atoms with E-state index in [1.54, 1.807) is 18.2 Å². The van der Waals surface area contributed by atoms with Crippen molar-refractivity contribution in [2.24, 2.45) is 0 Å². The minimum Gasteiger partial charge on any atom is -0.392 e. The van der Waals surface area contributed by atoms with Gasteiger partial charge in [0.1, 0.15) is 5.69 Å². The molecule has 8 heteroatoms. The van der Waals surface area contributed by atoms with E-state index in [9.17, 15) is 9.90 Å². The van der Waals surface area contributed by atoms with Gasteiger partial charge in [0.2, 0.25) is 0 Å². The Morgan fingerprint density at radius 1 is 1.12 bits per heavy atom. The molecule has 6 nitrogen and oxygen atoms in total. The topological polar surface area (TPSA) is 85.9 Å². The van der Waals surface area contributed by atoms with E-state index in [4.69, 9.17) is 33.6 Å². The average molecular weight is 367 g/mol. The molecule has 1 heterocycles. The fraction of sp³-hybridized carbons (Fsp3) is 0.0625. The van der Waals surface area contributed by atoms with Crippen molar-refractivity contribution in [2.75, 3.05) is 5.23 Å². The van der Waals surface area contributed by atoms with Gasteiger partial charge in [-0.2, -0.15) is 0 Å². The van der Waals surface area contributed by atoms with Gasteiger partial charge in [-0.05, 0) is 36.4 Å². The molecular weight excluding hydrogens is 355 g/mol. The molecule has 0 amide bonds. The highest BCUT2D eigenvalue weighted by Crippen LogP contribution is 2.28. The number of aliphatic hydroxyl groups excluding tert-OH is 1. The van der Waals surface area contributed by atoms with E-state index in [0.717, 1.165) is 0 Å². The second-order valence-corrected chi connectivity index (χ2v) is 5.95. The zero-order valence-electron chi connectivity index (χ0n) is 12.1. The zero-order valence-corrected chi connectivity index (χ0v) is 13.7. The first-order valence-corrected chi connectivity index (χ1v) is 7.60. The van der Waals surface area contributed by atoms with Crippen molar-refractivity contribution in [1.82, 2.24) is 4.57 Å². The summed E-state index contributed by atoms with van der Waals surface area (Å²) in [6.07, 6.45) is 1.52. The van der Waals surface area contributed by atoms with Gasteiger partial charge in [0.25, 0.3) is 5.91 Å². The lowest BCUT2D eigenvalue weighted by Crippen LogP contribution is -2.15. The van der Waals surface area contributed by atoms with Crippen molar-refractivity contribution in [3.63, 3.8) is 0 Å². The Bertz CT molecular complexity index is 937. The summed E-state index contributed by atoms with van der Waals surface area (Å²) < 4.78 is 1.36. The molecule has 24 heavy (non-hydrogen) atoms. The molecule has 0 aliphatic heterocycles. The van der Waals surface area contributed by atoms with Crippen LogP contribution in [0.3, 0.4) is 0 Å². The first-order valence-electron chi connectivity index (χ1n) is 6.85. The maximum atomic E-state index is 12.8. The number of fused-ring (bicyclic) bond motifs is 1. The standard InChI is InChI=1S/C16H12Cl2N2O4/c17-11-2-4-14-12(6-11)10(8-21)7-19(14)16(22)9-1-3-13(18)15(5-9)20(23)24/h1-7,21,23-24H,8H2. The van der Waals surface area contributed by atoms with Crippen LogP contribution in [0.2, 0.25) is 10.0 Å². The molecule has 0 aliphatic rings. The van der Waals surface area contributed by atoms with Crippen molar-refractivity contribution in [2.45, 2.75) is 6.61 Å². The fourth-order valence-electron chi connectivity index (χ4n) is 2.50. The molecule has 0 fully saturated rings. The van der Waals surface area contributed by atoms with Crippen LogP contribution in [-0.2, 0) is 6.61 Å². The second-order valence-electron chi connectivity index (χ2n) is 5.10. The Kier molecular flexibility index (Phi) is 4.49. The summed E-state index contributed by atoms with van der Waals surface area (Å²) in [5.41, 5.74) is 1.21. The highest BCUT2D eigenvalue weighted by molar-refractivity contribution is 6.33. The molecule has 0 aliphatic carbocycles. The summed E-state index contributed by atoms with van der Waals surface area (Å²) in [6, 6.07) is 9.10. The van der Waals surface area contributed by atoms with Crippen LogP contribution in [0.15, 0.2) is 42.6 Å². The Morgan fingerprint density at radius 2 is 1.88 bits per heavy atom. The molecule has 0 radical (unpaired) electrons. The van der Waals surface area contributed by atoms with Crippen molar-refractivity contribution >= 4 is 45.7 Å². The van der Waals surface area contributed by atoms with Crippen LogP contribution >= 0.6 is 23.2 Å². The summed E-state index contributed by atoms with van der Waals surface area (Å²) >= 11 is 11.8. The minimum absolute atomic E-state index is 0.0803. The highest BCUT2D eigenvalue weighted by Gasteiger charge is 2.17. The SMILES string of the molecule is O=C(c1ccc(Cl)c(N(O)O)c1)n1cc(CO)c2cc(Cl)ccc21. The number of rotatable bonds is 3. The fourth-order valence-corrected chi connectivity index (χ4v) is 2.87. The third-order valence-corrected chi connectivity index (χ3v) is 4.20. The van der Waals surface area contributed by atoms with E-state index in [1.807, 2.05) is 0 Å². The predicted molar refractivity (Wildman–Crippen MR) is 90.1 cm³/mol. The number of halogens is 2. The number of nitrogens with zero attached hydrogens (tertiary/aromatic N) is 2. The molecule has 0 saturated heterocycles. The maximum Gasteiger partial charge on any atom is 0.262 e. The predicted octanol–water partition coefficient (Wildman–Crippen LogP) is 3.71. The van der Waals surface area contributed by atoms with Crippen molar-refractivity contribution in [3.8, 4) is 0 Å². The molecule has 124 valence electrons. The monoisotopic (exact) mass is 366 g/mol. The van der Waals surface area contributed by atoms with Gasteiger partial charge in [0, 0.05) is 27.7 Å². The number of anilines is 1. The van der Waals surface area contributed by atoms with Crippen molar-refractivity contribution in [1.29, 1.82) is 0 Å². The summed E-state index contributed by atoms with van der Waals surface area (Å²) in [5.74, 6) is -0.415. The Labute approximate surface area is 146 Å². The van der Waals surface area contributed by atoms with Gasteiger partial charge in [-0.3, -0.25) is 19.8 Å². The van der Waals surface area contributed by atoms with Gasteiger partial charge >= 0.3 is 0 Å². The maximum absolute atomic E-state index is 12.8. The number of aromatic nitrogens is 1. The normalized spacial score (nSPS) is 11.0. The van der Waals surface area contributed by atoms with Gasteiger partial charge in [-0.1, -0.05) is 23.2 Å². The van der Waals surface area contributed by atoms with E-state index in [2.05, 4.69) is 0 Å². The molecule has 0 saturated carbocycles. The third kappa shape index (κ3) is 2.86. The molecule has 0 unspecified atom stereocenters. The van der Waals surface area contributed by atoms with E-state index >= 15 is 0 Å². The van der Waals surface area contributed by atoms with Crippen LogP contribution in [0.1, 0.15) is 15.9 Å². The minimum atomic E-state index is -0.415. The van der Waals surface area contributed by atoms with Crippen LogP contribution in [0.4, 0.5) is 5.69 Å². The van der Waals surface area contributed by atoms with Gasteiger partial charge in [-0.15, -0.1) is 5.23 Å². The first kappa shape index (κ1) is 16.8. The molecule has 0 atom stereocenters. The summed E-state index contributed by atoms with van der Waals surface area (Å²) in [5, 5.41) is 28.9. The first-order chi connectivity index (χ1) is 11.4. The van der Waals surface area contributed by atoms with Crippen LogP contribution in [0, 0.1) is 0 Å². The average Bonchev–Trinajstić information content (AvgIpc) is 2.92. The van der Waals surface area contributed by atoms with Crippen LogP contribution in [0.5, 0.6) is 0 Å². The number of carbonyl (C=O) groups is 1. The third-order valence-electron chi connectivity index (χ3n) is 3.65. The van der Waals surface area contributed by atoms with Gasteiger partial charge in [0.05, 0.1) is 17.1 Å². The molecule has 1 aromatic heterocycles. The molecule has 3 aromatic rings. The summed E-state index contributed by atoms with van der Waals surface area (Å²) in [4.78, 5) is 12.8. The van der Waals surface area contributed by atoms with E-state index in [-0.39, 0.29) is 28.1 Å². The lowest BCUT2D eigenvalue weighted by atomic mass is 10.1. The lowest BCUT2D eigenvalue weighted by molar-refractivity contribution is 0.0292. The van der Waals surface area contributed by atoms with Crippen molar-refractivity contribution < 1.29 is 20.3 Å². The smallest absolute Gasteiger partial charge is 0.262 e. The van der Waals surface area contributed by atoms with E-state index in [1.165, 1.54) is 29.0 Å². The van der Waals surface area contributed by atoms with Gasteiger partial charge in [0.15, 0.2) is 0 Å². The lowest BCUT2D eigenvalue weighted by Gasteiger charge is -2.12. The number of benzene rings is 2. The van der Waals surface area contributed by atoms with Gasteiger partial charge in [-0.25, -0.2) is 0 Å². The molecule has 3 N–H and O–H groups in total. The second kappa shape index (κ2) is 6.43. The van der Waals surface area contributed by atoms with E-state index in [0.29, 0.717) is 21.5 Å². The summed E-state index contributed by atoms with van der Waals surface area (Å²) in [7, 11) is 0. The largest absolute Gasteiger partial charge is 0.392 e. The van der Waals surface area contributed by atoms with Crippen LogP contribution < -0.4 is 5.23 Å². The number of hydrogen-bond donors (Lipinski definition) is 3. The number of hydrogen-bond acceptors (Lipinski definition) is 5. The molecule has 0 spiro atoms. The van der Waals surface area contributed by atoms with Crippen LogP contribution in [-0.4, -0.2) is 26.0 Å². The molecule has 3 rings (SSSR count). The van der Waals surface area contributed by atoms with Crippen LogP contribution in [0.25, 0.3) is 10.9 Å². The number of carbonyl (C=O) groups excluding carboxylic acids is 1. The summed E-state index contributed by atoms with van der Waals surface area (Å²) in [6.45, 7) is -0.246. The van der Waals surface area contributed by atoms with Crippen molar-refractivity contribution in [3.05, 3.63) is 63.8 Å². The zero-order chi connectivity index (χ0) is 17.4.